The predicted octanol–water partition coefficient (Wildman–Crippen LogP) is 3.49. The third-order valence-electron chi connectivity index (χ3n) is 7.70. The molecular weight excluding hydrogens is 356 g/mol. The lowest BCUT2D eigenvalue weighted by Gasteiger charge is -2.52. The maximum atomic E-state index is 12.7. The van der Waals surface area contributed by atoms with Crippen LogP contribution >= 0.6 is 0 Å². The zero-order valence-corrected chi connectivity index (χ0v) is 16.6. The van der Waals surface area contributed by atoms with Crippen LogP contribution in [0.5, 0.6) is 0 Å². The molecule has 0 N–H and O–H groups in total. The van der Waals surface area contributed by atoms with Crippen molar-refractivity contribution < 1.29 is 23.9 Å². The lowest BCUT2D eigenvalue weighted by molar-refractivity contribution is -0.165. The van der Waals surface area contributed by atoms with Gasteiger partial charge in [-0.05, 0) is 68.4 Å². The number of ketones is 2. The minimum absolute atomic E-state index is 0.0580. The standard InChI is InChI=1S/C23H26O5/c1-13(24)28-21(27)20(26)19-7-6-17-16-5-4-14-12-15(25)8-10-22(14,2)18(16)9-11-23(17,19)3/h8-10,12,16-17,19H,4-7,11H2,1-3H3/t16-,17-,19?,22-,23-/m0/s1. The molecule has 5 nitrogen and oxygen atoms in total. The van der Waals surface area contributed by atoms with E-state index in [0.717, 1.165) is 32.6 Å². The smallest absolute Gasteiger partial charge is 0.382 e. The van der Waals surface area contributed by atoms with E-state index in [2.05, 4.69) is 24.7 Å². The lowest BCUT2D eigenvalue weighted by Crippen LogP contribution is -2.45. The summed E-state index contributed by atoms with van der Waals surface area (Å²) in [7, 11) is 0. The average molecular weight is 382 g/mol. The van der Waals surface area contributed by atoms with Gasteiger partial charge >= 0.3 is 11.9 Å². The molecular formula is C23H26O5. The summed E-state index contributed by atoms with van der Waals surface area (Å²) >= 11 is 0. The molecule has 0 radical (unpaired) electrons. The predicted molar refractivity (Wildman–Crippen MR) is 102 cm³/mol. The minimum atomic E-state index is -1.02. The Hall–Kier alpha value is -2.30. The average Bonchev–Trinajstić information content (AvgIpc) is 2.98. The topological polar surface area (TPSA) is 77.5 Å². The minimum Gasteiger partial charge on any atom is -0.387 e. The Morgan fingerprint density at radius 3 is 2.61 bits per heavy atom. The first-order chi connectivity index (χ1) is 13.2. The summed E-state index contributed by atoms with van der Waals surface area (Å²) in [4.78, 5) is 47.7. The highest BCUT2D eigenvalue weighted by Crippen LogP contribution is 2.63. The molecule has 0 aliphatic heterocycles. The highest BCUT2D eigenvalue weighted by Gasteiger charge is 2.58. The highest BCUT2D eigenvalue weighted by molar-refractivity contribution is 6.36. The fourth-order valence-electron chi connectivity index (χ4n) is 6.27. The van der Waals surface area contributed by atoms with Crippen LogP contribution < -0.4 is 0 Å². The maximum Gasteiger partial charge on any atom is 0.382 e. The number of esters is 2. The summed E-state index contributed by atoms with van der Waals surface area (Å²) in [5.41, 5.74) is 2.03. The van der Waals surface area contributed by atoms with E-state index in [1.165, 1.54) is 11.1 Å². The number of allylic oxidation sites excluding steroid dienone is 6. The van der Waals surface area contributed by atoms with Gasteiger partial charge in [-0.25, -0.2) is 4.79 Å². The Morgan fingerprint density at radius 2 is 1.89 bits per heavy atom. The van der Waals surface area contributed by atoms with Crippen LogP contribution in [0.25, 0.3) is 0 Å². The Balaban J connectivity index is 1.65. The zero-order chi connectivity index (χ0) is 20.3. The fourth-order valence-corrected chi connectivity index (χ4v) is 6.27. The molecule has 0 spiro atoms. The van der Waals surface area contributed by atoms with E-state index in [-0.39, 0.29) is 16.6 Å². The lowest BCUT2D eigenvalue weighted by atomic mass is 9.52. The van der Waals surface area contributed by atoms with E-state index in [4.69, 9.17) is 0 Å². The first-order valence-corrected chi connectivity index (χ1v) is 10.1. The molecule has 0 aromatic rings. The van der Waals surface area contributed by atoms with Crippen LogP contribution in [0.1, 0.15) is 52.9 Å². The normalized spacial score (nSPS) is 38.5. The van der Waals surface area contributed by atoms with Gasteiger partial charge in [0.2, 0.25) is 5.78 Å². The van der Waals surface area contributed by atoms with Gasteiger partial charge < -0.3 is 4.74 Å². The van der Waals surface area contributed by atoms with Crippen molar-refractivity contribution in [3.8, 4) is 0 Å². The molecule has 148 valence electrons. The Bertz CT molecular complexity index is 875. The maximum absolute atomic E-state index is 12.7. The molecule has 4 aliphatic carbocycles. The zero-order valence-electron chi connectivity index (χ0n) is 16.6. The van der Waals surface area contributed by atoms with Gasteiger partial charge in [-0.1, -0.05) is 30.2 Å². The number of Topliss-reactive ketones (excluding diaryl/α,β-unsaturated/α-hetero) is 1. The number of carbonyl (C=O) groups excluding carboxylic acids is 4. The molecule has 0 aromatic carbocycles. The molecule has 5 heteroatoms. The van der Waals surface area contributed by atoms with Crippen LogP contribution in [0.4, 0.5) is 0 Å². The summed E-state index contributed by atoms with van der Waals surface area (Å²) in [6, 6.07) is 0. The van der Waals surface area contributed by atoms with E-state index in [9.17, 15) is 19.2 Å². The van der Waals surface area contributed by atoms with E-state index >= 15 is 0 Å². The van der Waals surface area contributed by atoms with Crippen molar-refractivity contribution in [2.45, 2.75) is 52.9 Å². The Morgan fingerprint density at radius 1 is 1.14 bits per heavy atom. The van der Waals surface area contributed by atoms with Gasteiger partial charge in [-0.3, -0.25) is 14.4 Å². The number of fused-ring (bicyclic) bond motifs is 5. The van der Waals surface area contributed by atoms with Crippen molar-refractivity contribution in [3.63, 3.8) is 0 Å². The Kier molecular flexibility index (Phi) is 4.32. The summed E-state index contributed by atoms with van der Waals surface area (Å²) in [5, 5.41) is 0. The molecule has 2 fully saturated rings. The monoisotopic (exact) mass is 382 g/mol. The SMILES string of the molecule is CC(=O)OC(=O)C(=O)C1CC[C@H]2[C@@H]3CCC4=CC(=O)C=C[C@]4(C)C3=CC[C@]12C. The van der Waals surface area contributed by atoms with Crippen molar-refractivity contribution >= 4 is 23.5 Å². The van der Waals surface area contributed by atoms with E-state index < -0.39 is 23.6 Å². The van der Waals surface area contributed by atoms with Crippen LogP contribution in [0.15, 0.2) is 35.5 Å². The summed E-state index contributed by atoms with van der Waals surface area (Å²) < 4.78 is 4.56. The molecule has 0 saturated heterocycles. The molecule has 2 saturated carbocycles. The van der Waals surface area contributed by atoms with Crippen LogP contribution in [0.3, 0.4) is 0 Å². The third-order valence-corrected chi connectivity index (χ3v) is 7.70. The number of hydrogen-bond acceptors (Lipinski definition) is 5. The number of ether oxygens (including phenoxy) is 1. The van der Waals surface area contributed by atoms with Gasteiger partial charge in [0.25, 0.3) is 0 Å². The van der Waals surface area contributed by atoms with Crippen LogP contribution in [-0.2, 0) is 23.9 Å². The number of carbonyl (C=O) groups is 4. The van der Waals surface area contributed by atoms with Crippen LogP contribution in [-0.4, -0.2) is 23.5 Å². The largest absolute Gasteiger partial charge is 0.387 e. The molecule has 0 amide bonds. The quantitative estimate of drug-likeness (QED) is 0.316. The Labute approximate surface area is 164 Å². The van der Waals surface area contributed by atoms with Gasteiger partial charge in [0.05, 0.1) is 0 Å². The molecule has 0 bridgehead atoms. The van der Waals surface area contributed by atoms with Crippen molar-refractivity contribution in [2.75, 3.05) is 0 Å². The van der Waals surface area contributed by atoms with Crippen molar-refractivity contribution in [1.29, 1.82) is 0 Å². The van der Waals surface area contributed by atoms with Crippen molar-refractivity contribution in [2.24, 2.45) is 28.6 Å². The van der Waals surface area contributed by atoms with E-state index in [1.807, 2.05) is 6.08 Å². The van der Waals surface area contributed by atoms with E-state index in [0.29, 0.717) is 18.3 Å². The van der Waals surface area contributed by atoms with Gasteiger partial charge in [0.1, 0.15) is 0 Å². The van der Waals surface area contributed by atoms with Gasteiger partial charge in [-0.15, -0.1) is 0 Å². The summed E-state index contributed by atoms with van der Waals surface area (Å²) in [5.74, 6) is -2.03. The first-order valence-electron chi connectivity index (χ1n) is 10.1. The van der Waals surface area contributed by atoms with Gasteiger partial charge in [0.15, 0.2) is 5.78 Å². The van der Waals surface area contributed by atoms with Crippen molar-refractivity contribution in [3.05, 3.63) is 35.5 Å². The second kappa shape index (κ2) is 6.36. The highest BCUT2D eigenvalue weighted by atomic mass is 16.6. The summed E-state index contributed by atoms with van der Waals surface area (Å²) in [6.45, 7) is 5.43. The van der Waals surface area contributed by atoms with Crippen molar-refractivity contribution in [1.82, 2.24) is 0 Å². The second-order valence-electron chi connectivity index (χ2n) is 9.10. The molecule has 4 aliphatic rings. The molecule has 28 heavy (non-hydrogen) atoms. The molecule has 4 rings (SSSR count). The third kappa shape index (κ3) is 2.66. The number of hydrogen-bond donors (Lipinski definition) is 0. The number of rotatable bonds is 2. The van der Waals surface area contributed by atoms with Crippen LogP contribution in [0.2, 0.25) is 0 Å². The molecule has 1 unspecified atom stereocenters. The summed E-state index contributed by atoms with van der Waals surface area (Å²) in [6.07, 6.45) is 11.8. The van der Waals surface area contributed by atoms with Gasteiger partial charge in [0, 0.05) is 18.3 Å². The second-order valence-corrected chi connectivity index (χ2v) is 9.10. The molecule has 0 aromatic heterocycles. The first kappa shape index (κ1) is 19.0. The van der Waals surface area contributed by atoms with E-state index in [1.54, 1.807) is 12.2 Å². The van der Waals surface area contributed by atoms with Crippen LogP contribution in [0, 0.1) is 28.6 Å². The molecule has 0 heterocycles. The molecule has 5 atom stereocenters. The van der Waals surface area contributed by atoms with Gasteiger partial charge in [-0.2, -0.15) is 0 Å². The fraction of sp³-hybridized carbons (Fsp3) is 0.565.